The highest BCUT2D eigenvalue weighted by molar-refractivity contribution is 7.47. The SMILES string of the molecule is CCCCCCCCCCCC(=O)NC(COP(=O)(O)OCC[N+](C)(C)C)C(O)CCCCC. The van der Waals surface area contributed by atoms with Gasteiger partial charge < -0.3 is 19.8 Å². The Bertz CT molecular complexity index is 556. The first-order valence-electron chi connectivity index (χ1n) is 13.4. The van der Waals surface area contributed by atoms with E-state index in [1.54, 1.807) is 0 Å². The van der Waals surface area contributed by atoms with E-state index in [1.807, 2.05) is 21.1 Å². The summed E-state index contributed by atoms with van der Waals surface area (Å²) in [6.07, 6.45) is 13.4. The minimum Gasteiger partial charge on any atom is -0.391 e. The van der Waals surface area contributed by atoms with Gasteiger partial charge in [0.15, 0.2) is 0 Å². The van der Waals surface area contributed by atoms with Crippen LogP contribution in [0.1, 0.15) is 104 Å². The Morgan fingerprint density at radius 1 is 0.882 bits per heavy atom. The van der Waals surface area contributed by atoms with Crippen LogP contribution < -0.4 is 5.32 Å². The van der Waals surface area contributed by atoms with Gasteiger partial charge in [0.2, 0.25) is 5.91 Å². The lowest BCUT2D eigenvalue weighted by atomic mass is 10.0. The quantitative estimate of drug-likeness (QED) is 0.0997. The van der Waals surface area contributed by atoms with Crippen LogP contribution in [-0.2, 0) is 18.4 Å². The minimum absolute atomic E-state index is 0.0754. The molecule has 9 heteroatoms. The van der Waals surface area contributed by atoms with Gasteiger partial charge in [0.05, 0.1) is 39.9 Å². The smallest absolute Gasteiger partial charge is 0.391 e. The molecular formula is C25H54N2O6P+. The number of nitrogens with zero attached hydrogens (tertiary/aromatic N) is 1. The molecule has 0 fully saturated rings. The molecule has 1 amide bonds. The van der Waals surface area contributed by atoms with Crippen LogP contribution in [0.25, 0.3) is 0 Å². The summed E-state index contributed by atoms with van der Waals surface area (Å²) in [5, 5.41) is 13.4. The Kier molecular flexibility index (Phi) is 19.4. The molecular weight excluding hydrogens is 455 g/mol. The van der Waals surface area contributed by atoms with Crippen molar-refractivity contribution < 1.29 is 32.9 Å². The lowest BCUT2D eigenvalue weighted by Crippen LogP contribution is -2.46. The van der Waals surface area contributed by atoms with Crippen molar-refractivity contribution in [3.8, 4) is 0 Å². The van der Waals surface area contributed by atoms with Gasteiger partial charge in [0.1, 0.15) is 13.2 Å². The maximum Gasteiger partial charge on any atom is 0.472 e. The Hall–Kier alpha value is -0.500. The Morgan fingerprint density at radius 2 is 1.41 bits per heavy atom. The van der Waals surface area contributed by atoms with Crippen molar-refractivity contribution in [2.75, 3.05) is 40.9 Å². The van der Waals surface area contributed by atoms with Gasteiger partial charge >= 0.3 is 7.82 Å². The van der Waals surface area contributed by atoms with E-state index in [-0.39, 0.29) is 19.1 Å². The average molecular weight is 510 g/mol. The average Bonchev–Trinajstić information content (AvgIpc) is 2.74. The number of phosphoric acid groups is 1. The summed E-state index contributed by atoms with van der Waals surface area (Å²) < 4.78 is 23.0. The fraction of sp³-hybridized carbons (Fsp3) is 0.960. The molecule has 0 aliphatic heterocycles. The van der Waals surface area contributed by atoms with Gasteiger partial charge in [-0.15, -0.1) is 0 Å². The van der Waals surface area contributed by atoms with Gasteiger partial charge in [-0.25, -0.2) is 4.57 Å². The molecule has 0 aliphatic carbocycles. The number of likely N-dealkylation sites (N-methyl/N-ethyl adjacent to an activating group) is 1. The fourth-order valence-corrected chi connectivity index (χ4v) is 4.31. The summed E-state index contributed by atoms with van der Waals surface area (Å²) in [6, 6.07) is -0.745. The van der Waals surface area contributed by atoms with Crippen LogP contribution in [0.5, 0.6) is 0 Å². The second-order valence-electron chi connectivity index (χ2n) is 10.4. The lowest BCUT2D eigenvalue weighted by molar-refractivity contribution is -0.870. The molecule has 0 aromatic rings. The van der Waals surface area contributed by atoms with Gasteiger partial charge in [0.25, 0.3) is 0 Å². The van der Waals surface area contributed by atoms with Crippen LogP contribution in [0.15, 0.2) is 0 Å². The summed E-state index contributed by atoms with van der Waals surface area (Å²) in [5.41, 5.74) is 0. The second kappa shape index (κ2) is 19.7. The predicted octanol–water partition coefficient (Wildman–Crippen LogP) is 5.17. The number of unbranched alkanes of at least 4 members (excludes halogenated alkanes) is 10. The molecule has 0 aromatic carbocycles. The number of aliphatic hydroxyl groups excluding tert-OH is 1. The van der Waals surface area contributed by atoms with Crippen LogP contribution in [0.3, 0.4) is 0 Å². The van der Waals surface area contributed by atoms with Crippen molar-refractivity contribution in [2.45, 2.75) is 116 Å². The lowest BCUT2D eigenvalue weighted by Gasteiger charge is -2.26. The summed E-state index contributed by atoms with van der Waals surface area (Å²) in [7, 11) is 1.61. The maximum atomic E-state index is 12.5. The van der Waals surface area contributed by atoms with Gasteiger partial charge in [-0.2, -0.15) is 0 Å². The first kappa shape index (κ1) is 33.5. The Balaban J connectivity index is 4.47. The highest BCUT2D eigenvalue weighted by Gasteiger charge is 2.28. The highest BCUT2D eigenvalue weighted by atomic mass is 31.2. The van der Waals surface area contributed by atoms with Crippen molar-refractivity contribution in [3.63, 3.8) is 0 Å². The standard InChI is InChI=1S/C25H53N2O6P/c1-6-8-10-11-12-13-14-15-17-19-25(29)26-23(24(28)18-16-9-7-2)22-33-34(30,31)32-21-20-27(3,4)5/h23-24,28H,6-22H2,1-5H3,(H-,26,29,30,31)/p+1. The highest BCUT2D eigenvalue weighted by Crippen LogP contribution is 2.43. The number of quaternary nitrogens is 1. The van der Waals surface area contributed by atoms with Crippen molar-refractivity contribution in [1.29, 1.82) is 0 Å². The third-order valence-electron chi connectivity index (χ3n) is 5.86. The molecule has 34 heavy (non-hydrogen) atoms. The van der Waals surface area contributed by atoms with E-state index in [4.69, 9.17) is 9.05 Å². The van der Waals surface area contributed by atoms with Gasteiger partial charge in [-0.1, -0.05) is 84.5 Å². The zero-order chi connectivity index (χ0) is 25.9. The van der Waals surface area contributed by atoms with E-state index in [0.717, 1.165) is 38.5 Å². The van der Waals surface area contributed by atoms with Crippen molar-refractivity contribution in [1.82, 2.24) is 5.32 Å². The molecule has 3 N–H and O–H groups in total. The number of rotatable bonds is 23. The summed E-state index contributed by atoms with van der Waals surface area (Å²) in [4.78, 5) is 22.5. The number of phosphoric ester groups is 1. The molecule has 204 valence electrons. The molecule has 0 aromatic heterocycles. The number of carbonyl (C=O) groups is 1. The molecule has 0 heterocycles. The molecule has 0 rings (SSSR count). The molecule has 0 aliphatic rings. The summed E-state index contributed by atoms with van der Waals surface area (Å²) in [5.74, 6) is -0.162. The van der Waals surface area contributed by atoms with Gasteiger partial charge in [0, 0.05) is 6.42 Å². The Labute approximate surface area is 209 Å². The number of hydrogen-bond donors (Lipinski definition) is 3. The number of aliphatic hydroxyl groups is 1. The van der Waals surface area contributed by atoms with Gasteiger partial charge in [-0.3, -0.25) is 13.8 Å². The molecule has 0 bridgehead atoms. The van der Waals surface area contributed by atoms with Crippen LogP contribution in [0.4, 0.5) is 0 Å². The van der Waals surface area contributed by atoms with E-state index in [9.17, 15) is 19.4 Å². The van der Waals surface area contributed by atoms with Crippen LogP contribution in [-0.4, -0.2) is 73.4 Å². The van der Waals surface area contributed by atoms with Crippen molar-refractivity contribution in [2.24, 2.45) is 0 Å². The normalized spacial score (nSPS) is 15.6. The number of carbonyl (C=O) groups excluding carboxylic acids is 1. The van der Waals surface area contributed by atoms with Crippen LogP contribution in [0.2, 0.25) is 0 Å². The second-order valence-corrected chi connectivity index (χ2v) is 11.9. The number of hydrogen-bond acceptors (Lipinski definition) is 5. The molecule has 0 saturated heterocycles. The third kappa shape index (κ3) is 20.8. The Morgan fingerprint density at radius 3 is 1.97 bits per heavy atom. The van der Waals surface area contributed by atoms with E-state index in [1.165, 1.54) is 38.5 Å². The summed E-state index contributed by atoms with van der Waals surface area (Å²) >= 11 is 0. The van der Waals surface area contributed by atoms with Crippen molar-refractivity contribution in [3.05, 3.63) is 0 Å². The third-order valence-corrected chi connectivity index (χ3v) is 6.84. The summed E-state index contributed by atoms with van der Waals surface area (Å²) in [6.45, 7) is 4.65. The predicted molar refractivity (Wildman–Crippen MR) is 139 cm³/mol. The number of nitrogens with one attached hydrogen (secondary N) is 1. The minimum atomic E-state index is -4.26. The monoisotopic (exact) mass is 509 g/mol. The van der Waals surface area contributed by atoms with E-state index >= 15 is 0 Å². The molecule has 3 unspecified atom stereocenters. The molecule has 0 saturated carbocycles. The molecule has 3 atom stereocenters. The van der Waals surface area contributed by atoms with Crippen molar-refractivity contribution >= 4 is 13.7 Å². The largest absolute Gasteiger partial charge is 0.472 e. The molecule has 8 nitrogen and oxygen atoms in total. The zero-order valence-electron chi connectivity index (χ0n) is 22.6. The zero-order valence-corrected chi connectivity index (χ0v) is 23.5. The van der Waals surface area contributed by atoms with E-state index < -0.39 is 20.0 Å². The van der Waals surface area contributed by atoms with Gasteiger partial charge in [-0.05, 0) is 12.8 Å². The van der Waals surface area contributed by atoms with Crippen LogP contribution >= 0.6 is 7.82 Å². The first-order chi connectivity index (χ1) is 16.0. The maximum absolute atomic E-state index is 12.5. The molecule has 0 radical (unpaired) electrons. The topological polar surface area (TPSA) is 105 Å². The molecule has 0 spiro atoms. The fourth-order valence-electron chi connectivity index (χ4n) is 3.57. The van der Waals surface area contributed by atoms with E-state index in [2.05, 4.69) is 19.2 Å². The van der Waals surface area contributed by atoms with Crippen LogP contribution in [0, 0.1) is 0 Å². The van der Waals surface area contributed by atoms with E-state index in [0.29, 0.717) is 23.9 Å². The number of amides is 1. The first-order valence-corrected chi connectivity index (χ1v) is 14.9.